The molecular formula is C25H26FN7O. The molecule has 1 aliphatic carbocycles. The van der Waals surface area contributed by atoms with E-state index in [2.05, 4.69) is 31.7 Å². The highest BCUT2D eigenvalue weighted by Crippen LogP contribution is 2.29. The molecule has 0 aliphatic heterocycles. The van der Waals surface area contributed by atoms with Gasteiger partial charge in [-0.2, -0.15) is 0 Å². The number of primary amides is 1. The lowest BCUT2D eigenvalue weighted by Gasteiger charge is -2.30. The van der Waals surface area contributed by atoms with E-state index in [1.807, 2.05) is 30.5 Å². The average Bonchev–Trinajstić information content (AvgIpc) is 3.30. The number of aromatic nitrogens is 3. The minimum absolute atomic E-state index is 0.0388. The number of rotatable bonds is 6. The van der Waals surface area contributed by atoms with Crippen LogP contribution in [0.1, 0.15) is 36.0 Å². The van der Waals surface area contributed by atoms with Crippen molar-refractivity contribution in [3.05, 3.63) is 66.4 Å². The van der Waals surface area contributed by atoms with Crippen molar-refractivity contribution in [3.8, 4) is 11.1 Å². The van der Waals surface area contributed by atoms with Crippen LogP contribution < -0.4 is 22.1 Å². The summed E-state index contributed by atoms with van der Waals surface area (Å²) in [4.78, 5) is 23.9. The highest BCUT2D eigenvalue weighted by molar-refractivity contribution is 5.98. The average molecular weight is 460 g/mol. The Kier molecular flexibility index (Phi) is 5.85. The van der Waals surface area contributed by atoms with Crippen molar-refractivity contribution in [1.82, 2.24) is 15.0 Å². The van der Waals surface area contributed by atoms with Crippen LogP contribution in [0.15, 0.2) is 55.0 Å². The largest absolute Gasteiger partial charge is 0.365 e. The van der Waals surface area contributed by atoms with Gasteiger partial charge in [-0.15, -0.1) is 0 Å². The third kappa shape index (κ3) is 4.42. The van der Waals surface area contributed by atoms with Gasteiger partial charge in [0.15, 0.2) is 11.6 Å². The van der Waals surface area contributed by atoms with Crippen LogP contribution in [0.4, 0.5) is 21.7 Å². The molecule has 7 N–H and O–H groups in total. The molecule has 0 saturated heterocycles. The Labute approximate surface area is 196 Å². The molecular weight excluding hydrogens is 433 g/mol. The number of fused-ring (bicyclic) bond motifs is 1. The van der Waals surface area contributed by atoms with Crippen LogP contribution in [0.5, 0.6) is 0 Å². The molecule has 1 aromatic carbocycles. The molecule has 0 bridgehead atoms. The van der Waals surface area contributed by atoms with Crippen LogP contribution in [0.3, 0.4) is 0 Å². The minimum Gasteiger partial charge on any atom is -0.365 e. The SMILES string of the molecule is NC(=O)c1cc(F)c(N[C@@H]2CCCCC2N)nc1Nc1cncc(-c2ccc3[nH]ccc3c2)c1. The molecule has 2 atom stereocenters. The van der Waals surface area contributed by atoms with Gasteiger partial charge in [-0.05, 0) is 54.1 Å². The normalized spacial score (nSPS) is 18.1. The molecule has 3 heterocycles. The smallest absolute Gasteiger partial charge is 0.252 e. The van der Waals surface area contributed by atoms with E-state index >= 15 is 0 Å². The number of carbonyl (C=O) groups excluding carboxylic acids is 1. The summed E-state index contributed by atoms with van der Waals surface area (Å²) in [6.07, 6.45) is 9.04. The summed E-state index contributed by atoms with van der Waals surface area (Å²) in [6.45, 7) is 0. The van der Waals surface area contributed by atoms with Crippen LogP contribution in [0.2, 0.25) is 0 Å². The van der Waals surface area contributed by atoms with Gasteiger partial charge in [-0.25, -0.2) is 9.37 Å². The Hall–Kier alpha value is -3.98. The number of anilines is 3. The van der Waals surface area contributed by atoms with Crippen molar-refractivity contribution in [1.29, 1.82) is 0 Å². The second-order valence-corrected chi connectivity index (χ2v) is 8.65. The predicted molar refractivity (Wildman–Crippen MR) is 131 cm³/mol. The summed E-state index contributed by atoms with van der Waals surface area (Å²) in [7, 11) is 0. The van der Waals surface area contributed by atoms with Gasteiger partial charge in [0.05, 0.1) is 17.4 Å². The molecule has 4 aromatic rings. The third-order valence-corrected chi connectivity index (χ3v) is 6.27. The first-order valence-electron chi connectivity index (χ1n) is 11.3. The van der Waals surface area contributed by atoms with Gasteiger partial charge in [0.2, 0.25) is 0 Å². The number of H-pyrrole nitrogens is 1. The van der Waals surface area contributed by atoms with E-state index in [1.54, 1.807) is 12.4 Å². The predicted octanol–water partition coefficient (Wildman–Crippen LogP) is 4.29. The van der Waals surface area contributed by atoms with Crippen LogP contribution in [-0.2, 0) is 0 Å². The quantitative estimate of drug-likeness (QED) is 0.292. The summed E-state index contributed by atoms with van der Waals surface area (Å²) < 4.78 is 14.8. The maximum Gasteiger partial charge on any atom is 0.252 e. The number of halogens is 1. The van der Waals surface area contributed by atoms with Gasteiger partial charge in [-0.3, -0.25) is 9.78 Å². The van der Waals surface area contributed by atoms with Crippen LogP contribution in [0, 0.1) is 5.82 Å². The molecule has 1 saturated carbocycles. The van der Waals surface area contributed by atoms with E-state index in [9.17, 15) is 9.18 Å². The number of hydrogen-bond acceptors (Lipinski definition) is 6. The number of benzene rings is 1. The van der Waals surface area contributed by atoms with Gasteiger partial charge >= 0.3 is 0 Å². The minimum atomic E-state index is -0.781. The fraction of sp³-hybridized carbons (Fsp3) is 0.240. The Morgan fingerprint density at radius 3 is 2.74 bits per heavy atom. The van der Waals surface area contributed by atoms with Crippen LogP contribution >= 0.6 is 0 Å². The molecule has 1 aliphatic rings. The number of aromatic amines is 1. The number of carbonyl (C=O) groups is 1. The summed E-state index contributed by atoms with van der Waals surface area (Å²) in [6, 6.07) is 10.9. The van der Waals surface area contributed by atoms with E-state index in [0.717, 1.165) is 53.8 Å². The van der Waals surface area contributed by atoms with Gasteiger partial charge in [-0.1, -0.05) is 18.9 Å². The molecule has 9 heteroatoms. The summed E-state index contributed by atoms with van der Waals surface area (Å²) >= 11 is 0. The van der Waals surface area contributed by atoms with E-state index in [0.29, 0.717) is 5.69 Å². The molecule has 0 radical (unpaired) electrons. The van der Waals surface area contributed by atoms with E-state index in [4.69, 9.17) is 11.5 Å². The summed E-state index contributed by atoms with van der Waals surface area (Å²) in [5, 5.41) is 7.30. The fourth-order valence-corrected chi connectivity index (χ4v) is 4.42. The zero-order valence-corrected chi connectivity index (χ0v) is 18.5. The number of hydrogen-bond donors (Lipinski definition) is 5. The maximum atomic E-state index is 14.8. The van der Waals surface area contributed by atoms with Crippen molar-refractivity contribution in [3.63, 3.8) is 0 Å². The lowest BCUT2D eigenvalue weighted by atomic mass is 9.91. The Balaban J connectivity index is 1.45. The van der Waals surface area contributed by atoms with Crippen molar-refractivity contribution in [2.45, 2.75) is 37.8 Å². The van der Waals surface area contributed by atoms with Crippen molar-refractivity contribution < 1.29 is 9.18 Å². The van der Waals surface area contributed by atoms with Crippen molar-refractivity contribution >= 4 is 34.1 Å². The third-order valence-electron chi connectivity index (χ3n) is 6.27. The molecule has 0 spiro atoms. The zero-order valence-electron chi connectivity index (χ0n) is 18.5. The highest BCUT2D eigenvalue weighted by atomic mass is 19.1. The van der Waals surface area contributed by atoms with Gasteiger partial charge in [0, 0.05) is 35.6 Å². The molecule has 1 amide bonds. The number of nitrogens with one attached hydrogen (secondary N) is 3. The molecule has 5 rings (SSSR count). The molecule has 34 heavy (non-hydrogen) atoms. The Morgan fingerprint density at radius 1 is 1.06 bits per heavy atom. The molecule has 8 nitrogen and oxygen atoms in total. The zero-order chi connectivity index (χ0) is 23.7. The van der Waals surface area contributed by atoms with E-state index < -0.39 is 11.7 Å². The molecule has 1 unspecified atom stereocenters. The maximum absolute atomic E-state index is 14.8. The number of nitrogens with zero attached hydrogens (tertiary/aromatic N) is 2. The monoisotopic (exact) mass is 459 g/mol. The fourth-order valence-electron chi connectivity index (χ4n) is 4.42. The van der Waals surface area contributed by atoms with Crippen molar-refractivity contribution in [2.75, 3.05) is 10.6 Å². The standard InChI is InChI=1S/C25H26FN7O/c26-19-11-18(23(28)34)24(33-25(19)32-22-4-2-1-3-20(22)27)31-17-10-16(12-29-13-17)14-5-6-21-15(9-14)7-8-30-21/h5-13,20,22,30H,1-4,27H2,(H2,28,34)(H2,31,32,33)/t20?,22-/m1/s1. The lowest BCUT2D eigenvalue weighted by Crippen LogP contribution is -2.43. The second kappa shape index (κ2) is 9.11. The lowest BCUT2D eigenvalue weighted by molar-refractivity contribution is 0.100. The van der Waals surface area contributed by atoms with Crippen molar-refractivity contribution in [2.24, 2.45) is 11.5 Å². The first kappa shape index (κ1) is 21.8. The van der Waals surface area contributed by atoms with Crippen LogP contribution in [-0.4, -0.2) is 32.9 Å². The summed E-state index contributed by atoms with van der Waals surface area (Å²) in [5.41, 5.74) is 15.2. The number of nitrogens with two attached hydrogens (primary N) is 2. The van der Waals surface area contributed by atoms with E-state index in [-0.39, 0.29) is 29.3 Å². The number of amides is 1. The number of pyridine rings is 2. The first-order chi connectivity index (χ1) is 16.5. The first-order valence-corrected chi connectivity index (χ1v) is 11.3. The van der Waals surface area contributed by atoms with E-state index in [1.165, 1.54) is 0 Å². The van der Waals surface area contributed by atoms with Crippen LogP contribution in [0.25, 0.3) is 22.0 Å². The Bertz CT molecular complexity index is 1350. The summed E-state index contributed by atoms with van der Waals surface area (Å²) in [5.74, 6) is -1.24. The Morgan fingerprint density at radius 2 is 1.91 bits per heavy atom. The molecule has 3 aromatic heterocycles. The topological polar surface area (TPSA) is 135 Å². The van der Waals surface area contributed by atoms with Gasteiger partial charge in [0.25, 0.3) is 5.91 Å². The second-order valence-electron chi connectivity index (χ2n) is 8.65. The molecule has 1 fully saturated rings. The van der Waals surface area contributed by atoms with Gasteiger partial charge < -0.3 is 27.1 Å². The van der Waals surface area contributed by atoms with Gasteiger partial charge in [0.1, 0.15) is 5.82 Å². The highest BCUT2D eigenvalue weighted by Gasteiger charge is 2.24. The molecule has 174 valence electrons.